The van der Waals surface area contributed by atoms with Crippen LogP contribution in [0.15, 0.2) is 49.2 Å². The van der Waals surface area contributed by atoms with Crippen LogP contribution in [0.4, 0.5) is 0 Å². The molecule has 0 rings (SSSR count). The molecule has 0 spiro atoms. The van der Waals surface area contributed by atoms with Gasteiger partial charge in [-0.1, -0.05) is 45.2 Å². The smallest absolute Gasteiger partial charge is 0.0331 e. The molecular formula is C11H19N. The molecule has 0 saturated heterocycles. The van der Waals surface area contributed by atoms with E-state index in [1.807, 2.05) is 39.1 Å². The summed E-state index contributed by atoms with van der Waals surface area (Å²) in [6.45, 7) is 11.2. The summed E-state index contributed by atoms with van der Waals surface area (Å²) >= 11 is 0. The second-order valence-electron chi connectivity index (χ2n) is 1.70. The van der Waals surface area contributed by atoms with Gasteiger partial charge in [-0.3, -0.25) is 0 Å². The minimum atomic E-state index is 0.998. The summed E-state index contributed by atoms with van der Waals surface area (Å²) in [6.07, 6.45) is 9.18. The minimum absolute atomic E-state index is 0.998. The lowest BCUT2D eigenvalue weighted by Crippen LogP contribution is -2.01. The Morgan fingerprint density at radius 3 is 2.08 bits per heavy atom. The Labute approximate surface area is 76.2 Å². The van der Waals surface area contributed by atoms with Crippen LogP contribution in [0.5, 0.6) is 0 Å². The van der Waals surface area contributed by atoms with Gasteiger partial charge in [-0.25, -0.2) is 0 Å². The van der Waals surface area contributed by atoms with Crippen molar-refractivity contribution in [2.75, 3.05) is 7.05 Å². The molecule has 0 aliphatic rings. The molecule has 0 radical (unpaired) electrons. The largest absolute Gasteiger partial charge is 0.388 e. The number of hydrogen-bond acceptors (Lipinski definition) is 1. The molecule has 0 fully saturated rings. The van der Waals surface area contributed by atoms with E-state index in [-0.39, 0.29) is 0 Å². The van der Waals surface area contributed by atoms with Gasteiger partial charge in [0.1, 0.15) is 0 Å². The third-order valence-corrected chi connectivity index (χ3v) is 1.03. The normalized spacial score (nSPS) is 10.1. The van der Waals surface area contributed by atoms with Crippen LogP contribution < -0.4 is 5.32 Å². The van der Waals surface area contributed by atoms with Gasteiger partial charge in [0.15, 0.2) is 0 Å². The number of likely N-dealkylation sites (N-methyl/N-ethyl adjacent to an activating group) is 1. The lowest BCUT2D eigenvalue weighted by molar-refractivity contribution is 1.03. The van der Waals surface area contributed by atoms with E-state index in [1.165, 1.54) is 0 Å². The summed E-state index contributed by atoms with van der Waals surface area (Å²) in [4.78, 5) is 0. The molecule has 68 valence electrons. The topological polar surface area (TPSA) is 12.0 Å². The van der Waals surface area contributed by atoms with Crippen molar-refractivity contribution in [3.8, 4) is 0 Å². The van der Waals surface area contributed by atoms with Crippen molar-refractivity contribution < 1.29 is 0 Å². The van der Waals surface area contributed by atoms with Gasteiger partial charge in [0.2, 0.25) is 0 Å². The summed E-state index contributed by atoms with van der Waals surface area (Å²) in [6, 6.07) is 0. The number of allylic oxidation sites excluding steroid dienone is 5. The van der Waals surface area contributed by atoms with E-state index < -0.39 is 0 Å². The predicted molar refractivity (Wildman–Crippen MR) is 58.0 cm³/mol. The quantitative estimate of drug-likeness (QED) is 0.631. The van der Waals surface area contributed by atoms with E-state index in [4.69, 9.17) is 0 Å². The first kappa shape index (κ1) is 13.4. The molecule has 0 unspecified atom stereocenters. The maximum absolute atomic E-state index is 3.62. The maximum atomic E-state index is 3.62. The summed E-state index contributed by atoms with van der Waals surface area (Å²) in [7, 11) is 1.86. The molecule has 1 N–H and O–H groups in total. The maximum Gasteiger partial charge on any atom is 0.0331 e. The van der Waals surface area contributed by atoms with Gasteiger partial charge < -0.3 is 5.32 Å². The lowest BCUT2D eigenvalue weighted by atomic mass is 10.3. The number of nitrogens with one attached hydrogen (secondary N) is 1. The minimum Gasteiger partial charge on any atom is -0.388 e. The molecule has 0 aliphatic carbocycles. The van der Waals surface area contributed by atoms with Crippen LogP contribution in [0.2, 0.25) is 0 Å². The SMILES string of the molecule is C=C/C=C\C=C(/C=C)NC.CC. The number of rotatable bonds is 4. The van der Waals surface area contributed by atoms with Crippen LogP contribution in [0.3, 0.4) is 0 Å². The van der Waals surface area contributed by atoms with E-state index in [9.17, 15) is 0 Å². The van der Waals surface area contributed by atoms with Gasteiger partial charge >= 0.3 is 0 Å². The Morgan fingerprint density at radius 1 is 1.17 bits per heavy atom. The third-order valence-electron chi connectivity index (χ3n) is 1.03. The monoisotopic (exact) mass is 165 g/mol. The Bertz CT molecular complexity index is 164. The highest BCUT2D eigenvalue weighted by Crippen LogP contribution is 1.88. The molecule has 0 saturated carbocycles. The zero-order chi connectivity index (χ0) is 9.82. The van der Waals surface area contributed by atoms with E-state index in [0.29, 0.717) is 0 Å². The molecule has 0 atom stereocenters. The predicted octanol–water partition coefficient (Wildman–Crippen LogP) is 3.04. The fourth-order valence-corrected chi connectivity index (χ4v) is 0.491. The second-order valence-corrected chi connectivity index (χ2v) is 1.70. The molecular weight excluding hydrogens is 146 g/mol. The molecule has 0 aromatic heterocycles. The van der Waals surface area contributed by atoms with Gasteiger partial charge in [-0.05, 0) is 12.2 Å². The third kappa shape index (κ3) is 8.76. The Balaban J connectivity index is 0. The molecule has 0 aromatic rings. The van der Waals surface area contributed by atoms with E-state index in [1.54, 1.807) is 12.2 Å². The fraction of sp³-hybridized carbons (Fsp3) is 0.273. The molecule has 1 heteroatoms. The van der Waals surface area contributed by atoms with Gasteiger partial charge in [-0.15, -0.1) is 0 Å². The first-order valence-corrected chi connectivity index (χ1v) is 4.14. The van der Waals surface area contributed by atoms with E-state index in [0.717, 1.165) is 5.70 Å². The van der Waals surface area contributed by atoms with Crippen molar-refractivity contribution >= 4 is 0 Å². The average molecular weight is 165 g/mol. The highest BCUT2D eigenvalue weighted by atomic mass is 14.8. The molecule has 0 aromatic carbocycles. The molecule has 0 amide bonds. The number of hydrogen-bond donors (Lipinski definition) is 1. The first-order chi connectivity index (χ1) is 5.85. The van der Waals surface area contributed by atoms with E-state index >= 15 is 0 Å². The van der Waals surface area contributed by atoms with Gasteiger partial charge in [0, 0.05) is 12.7 Å². The summed E-state index contributed by atoms with van der Waals surface area (Å²) in [5, 5.41) is 2.97. The van der Waals surface area contributed by atoms with Gasteiger partial charge in [-0.2, -0.15) is 0 Å². The Kier molecular flexibility index (Phi) is 13.8. The Morgan fingerprint density at radius 2 is 1.75 bits per heavy atom. The Hall–Kier alpha value is -1.24. The van der Waals surface area contributed by atoms with Crippen molar-refractivity contribution in [1.29, 1.82) is 0 Å². The summed E-state index contributed by atoms with van der Waals surface area (Å²) < 4.78 is 0. The molecule has 0 aliphatic heterocycles. The van der Waals surface area contributed by atoms with Crippen molar-refractivity contribution in [2.24, 2.45) is 0 Å². The standard InChI is InChI=1S/C9H13N.C2H6/c1-4-6-7-8-9(5-2)10-3;1-2/h4-8,10H,1-2H2,3H3;1-2H3/b7-6-,9-8+;. The zero-order valence-electron chi connectivity index (χ0n) is 8.30. The van der Waals surface area contributed by atoms with Crippen molar-refractivity contribution in [3.05, 3.63) is 49.2 Å². The highest BCUT2D eigenvalue weighted by molar-refractivity contribution is 5.21. The molecule has 0 bridgehead atoms. The van der Waals surface area contributed by atoms with Crippen molar-refractivity contribution in [2.45, 2.75) is 13.8 Å². The van der Waals surface area contributed by atoms with E-state index in [2.05, 4.69) is 18.5 Å². The molecule has 0 heterocycles. The second kappa shape index (κ2) is 12.4. The van der Waals surface area contributed by atoms with Crippen molar-refractivity contribution in [1.82, 2.24) is 5.32 Å². The van der Waals surface area contributed by atoms with Crippen LogP contribution in [-0.2, 0) is 0 Å². The van der Waals surface area contributed by atoms with Crippen LogP contribution in [0.25, 0.3) is 0 Å². The first-order valence-electron chi connectivity index (χ1n) is 4.14. The summed E-state index contributed by atoms with van der Waals surface area (Å²) in [5.41, 5.74) is 0.998. The van der Waals surface area contributed by atoms with Crippen LogP contribution in [0.1, 0.15) is 13.8 Å². The fourth-order valence-electron chi connectivity index (χ4n) is 0.491. The summed E-state index contributed by atoms with van der Waals surface area (Å²) in [5.74, 6) is 0. The van der Waals surface area contributed by atoms with Crippen molar-refractivity contribution in [3.63, 3.8) is 0 Å². The highest BCUT2D eigenvalue weighted by Gasteiger charge is 1.77. The van der Waals surface area contributed by atoms with Crippen LogP contribution >= 0.6 is 0 Å². The van der Waals surface area contributed by atoms with Crippen LogP contribution in [-0.4, -0.2) is 7.05 Å². The van der Waals surface area contributed by atoms with Gasteiger partial charge in [0.05, 0.1) is 0 Å². The van der Waals surface area contributed by atoms with Crippen LogP contribution in [0, 0.1) is 0 Å². The van der Waals surface area contributed by atoms with Gasteiger partial charge in [0.25, 0.3) is 0 Å². The average Bonchev–Trinajstić information content (AvgIpc) is 2.16. The molecule has 1 nitrogen and oxygen atoms in total. The lowest BCUT2D eigenvalue weighted by Gasteiger charge is -1.94. The molecule has 12 heavy (non-hydrogen) atoms. The zero-order valence-corrected chi connectivity index (χ0v) is 8.30.